The van der Waals surface area contributed by atoms with Crippen LogP contribution in [0.3, 0.4) is 0 Å². The zero-order chi connectivity index (χ0) is 20.7. The van der Waals surface area contributed by atoms with Gasteiger partial charge in [0, 0.05) is 31.6 Å². The molecule has 2 heterocycles. The third-order valence-corrected chi connectivity index (χ3v) is 8.60. The average Bonchev–Trinajstić information content (AvgIpc) is 3.25. The minimum absolute atomic E-state index is 0. The molecule has 166 valence electrons. The number of nitrogens with zero attached hydrogens (tertiary/aromatic N) is 2. The third kappa shape index (κ3) is 6.66. The van der Waals surface area contributed by atoms with Crippen LogP contribution in [0.2, 0.25) is 0 Å². The normalized spacial score (nSPS) is 16.5. The molecule has 1 aromatic heterocycles. The van der Waals surface area contributed by atoms with Crippen LogP contribution in [0.25, 0.3) is 0 Å². The van der Waals surface area contributed by atoms with E-state index in [9.17, 15) is 8.42 Å². The molecule has 0 aliphatic carbocycles. The Balaban J connectivity index is 0.00000320. The standard InChI is InChI=1S/C21H30N4O2S2.HI/c1-17(18-9-5-3-6-10-18)15-23-21(22-2)24-16-19-11-12-20(28-19)29(26,27)25-13-7-4-8-14-25;/h3,5-6,9-12,17H,4,7-8,13-16H2,1-2H3,(H2,22,23,24);1H. The van der Waals surface area contributed by atoms with Crippen molar-refractivity contribution >= 4 is 51.3 Å². The number of thiophene rings is 1. The number of hydrogen-bond acceptors (Lipinski definition) is 4. The molecule has 1 aromatic carbocycles. The Morgan fingerprint density at radius 3 is 2.47 bits per heavy atom. The maximum atomic E-state index is 12.8. The molecule has 1 atom stereocenters. The molecular weight excluding hydrogens is 531 g/mol. The summed E-state index contributed by atoms with van der Waals surface area (Å²) in [6, 6.07) is 14.0. The zero-order valence-corrected chi connectivity index (χ0v) is 21.5. The molecular formula is C21H31IN4O2S2. The van der Waals surface area contributed by atoms with Crippen LogP contribution in [0, 0.1) is 0 Å². The number of halogens is 1. The maximum absolute atomic E-state index is 12.8. The molecule has 2 N–H and O–H groups in total. The number of benzene rings is 1. The van der Waals surface area contributed by atoms with Gasteiger partial charge in [0.2, 0.25) is 0 Å². The van der Waals surface area contributed by atoms with Crippen molar-refractivity contribution in [1.29, 1.82) is 0 Å². The summed E-state index contributed by atoms with van der Waals surface area (Å²) in [7, 11) is -1.62. The molecule has 30 heavy (non-hydrogen) atoms. The van der Waals surface area contributed by atoms with Crippen molar-refractivity contribution in [3.8, 4) is 0 Å². The fraction of sp³-hybridized carbons (Fsp3) is 0.476. The van der Waals surface area contributed by atoms with Crippen LogP contribution in [0.5, 0.6) is 0 Å². The van der Waals surface area contributed by atoms with Gasteiger partial charge in [-0.2, -0.15) is 4.31 Å². The van der Waals surface area contributed by atoms with Crippen molar-refractivity contribution < 1.29 is 8.42 Å². The highest BCUT2D eigenvalue weighted by Crippen LogP contribution is 2.27. The second-order valence-corrected chi connectivity index (χ2v) is 10.6. The first-order valence-corrected chi connectivity index (χ1v) is 12.3. The second kappa shape index (κ2) is 12.0. The molecule has 0 saturated carbocycles. The molecule has 1 aliphatic heterocycles. The lowest BCUT2D eigenvalue weighted by Crippen LogP contribution is -2.38. The Hall–Kier alpha value is -1.17. The Labute approximate surface area is 201 Å². The van der Waals surface area contributed by atoms with Gasteiger partial charge < -0.3 is 10.6 Å². The van der Waals surface area contributed by atoms with E-state index in [1.807, 2.05) is 24.3 Å². The van der Waals surface area contributed by atoms with Crippen LogP contribution in [-0.2, 0) is 16.6 Å². The van der Waals surface area contributed by atoms with Crippen LogP contribution in [0.4, 0.5) is 0 Å². The number of sulfonamides is 1. The maximum Gasteiger partial charge on any atom is 0.252 e. The minimum atomic E-state index is -3.36. The molecule has 3 rings (SSSR count). The first-order chi connectivity index (χ1) is 14.0. The fourth-order valence-electron chi connectivity index (χ4n) is 3.37. The fourth-order valence-corrected chi connectivity index (χ4v) is 6.33. The van der Waals surface area contributed by atoms with E-state index in [1.54, 1.807) is 17.4 Å². The molecule has 2 aromatic rings. The van der Waals surface area contributed by atoms with Gasteiger partial charge in [0.25, 0.3) is 10.0 Å². The van der Waals surface area contributed by atoms with Crippen LogP contribution < -0.4 is 10.6 Å². The van der Waals surface area contributed by atoms with Gasteiger partial charge in [-0.1, -0.05) is 43.7 Å². The van der Waals surface area contributed by atoms with Gasteiger partial charge in [-0.25, -0.2) is 8.42 Å². The van der Waals surface area contributed by atoms with Crippen LogP contribution >= 0.6 is 35.3 Å². The number of rotatable bonds is 7. The summed E-state index contributed by atoms with van der Waals surface area (Å²) >= 11 is 1.33. The van der Waals surface area contributed by atoms with Crippen molar-refractivity contribution in [3.63, 3.8) is 0 Å². The quantitative estimate of drug-likeness (QED) is 0.304. The molecule has 0 spiro atoms. The molecule has 1 unspecified atom stereocenters. The number of aliphatic imine (C=N–C) groups is 1. The van der Waals surface area contributed by atoms with E-state index >= 15 is 0 Å². The molecule has 9 heteroatoms. The predicted octanol–water partition coefficient (Wildman–Crippen LogP) is 4.01. The van der Waals surface area contributed by atoms with E-state index < -0.39 is 10.0 Å². The smallest absolute Gasteiger partial charge is 0.252 e. The van der Waals surface area contributed by atoms with Crippen molar-refractivity contribution in [3.05, 3.63) is 52.9 Å². The summed E-state index contributed by atoms with van der Waals surface area (Å²) in [5.41, 5.74) is 1.28. The van der Waals surface area contributed by atoms with E-state index in [0.717, 1.165) is 30.7 Å². The third-order valence-electron chi connectivity index (χ3n) is 5.14. The number of guanidine groups is 1. The Morgan fingerprint density at radius 2 is 1.80 bits per heavy atom. The Kier molecular flexibility index (Phi) is 10.1. The lowest BCUT2D eigenvalue weighted by Gasteiger charge is -2.25. The Morgan fingerprint density at radius 1 is 1.10 bits per heavy atom. The van der Waals surface area contributed by atoms with Crippen LogP contribution in [0.15, 0.2) is 51.7 Å². The first kappa shape index (κ1) is 25.1. The lowest BCUT2D eigenvalue weighted by molar-refractivity contribution is 0.347. The van der Waals surface area contributed by atoms with E-state index in [1.165, 1.54) is 16.9 Å². The summed E-state index contributed by atoms with van der Waals surface area (Å²) in [6.45, 7) is 4.74. The van der Waals surface area contributed by atoms with E-state index in [2.05, 4.69) is 34.7 Å². The van der Waals surface area contributed by atoms with Crippen molar-refractivity contribution in [1.82, 2.24) is 14.9 Å². The van der Waals surface area contributed by atoms with Gasteiger partial charge in [0.1, 0.15) is 4.21 Å². The van der Waals surface area contributed by atoms with E-state index in [-0.39, 0.29) is 24.0 Å². The Bertz CT molecular complexity index is 910. The van der Waals surface area contributed by atoms with Gasteiger partial charge in [0.05, 0.1) is 6.54 Å². The molecule has 0 amide bonds. The highest BCUT2D eigenvalue weighted by atomic mass is 127. The lowest BCUT2D eigenvalue weighted by atomic mass is 10.0. The van der Waals surface area contributed by atoms with Gasteiger partial charge in [-0.05, 0) is 36.5 Å². The molecule has 1 saturated heterocycles. The topological polar surface area (TPSA) is 73.8 Å². The summed E-state index contributed by atoms with van der Waals surface area (Å²) in [4.78, 5) is 5.24. The first-order valence-electron chi connectivity index (χ1n) is 10.1. The summed E-state index contributed by atoms with van der Waals surface area (Å²) < 4.78 is 27.6. The van der Waals surface area contributed by atoms with Crippen molar-refractivity contribution in [2.24, 2.45) is 4.99 Å². The zero-order valence-electron chi connectivity index (χ0n) is 17.5. The molecule has 0 bridgehead atoms. The molecule has 0 radical (unpaired) electrons. The van der Waals surface area contributed by atoms with E-state index in [4.69, 9.17) is 0 Å². The van der Waals surface area contributed by atoms with Crippen LogP contribution in [0.1, 0.15) is 42.5 Å². The largest absolute Gasteiger partial charge is 0.356 e. The molecule has 1 fully saturated rings. The summed E-state index contributed by atoms with van der Waals surface area (Å²) in [5.74, 6) is 1.07. The van der Waals surface area contributed by atoms with Gasteiger partial charge >= 0.3 is 0 Å². The molecule has 6 nitrogen and oxygen atoms in total. The van der Waals surface area contributed by atoms with Crippen LogP contribution in [-0.4, -0.2) is 45.4 Å². The monoisotopic (exact) mass is 562 g/mol. The van der Waals surface area contributed by atoms with Gasteiger partial charge in [-0.3, -0.25) is 4.99 Å². The minimum Gasteiger partial charge on any atom is -0.356 e. The van der Waals surface area contributed by atoms with Crippen molar-refractivity contribution in [2.75, 3.05) is 26.7 Å². The summed E-state index contributed by atoms with van der Waals surface area (Å²) in [5, 5.41) is 6.62. The number of hydrogen-bond donors (Lipinski definition) is 2. The molecule has 1 aliphatic rings. The number of piperidine rings is 1. The predicted molar refractivity (Wildman–Crippen MR) is 135 cm³/mol. The van der Waals surface area contributed by atoms with Crippen molar-refractivity contribution in [2.45, 2.75) is 42.9 Å². The highest BCUT2D eigenvalue weighted by Gasteiger charge is 2.27. The second-order valence-electron chi connectivity index (χ2n) is 7.30. The summed E-state index contributed by atoms with van der Waals surface area (Å²) in [6.07, 6.45) is 3.01. The average molecular weight is 563 g/mol. The number of nitrogens with one attached hydrogen (secondary N) is 2. The van der Waals surface area contributed by atoms with E-state index in [0.29, 0.717) is 35.7 Å². The SMILES string of the molecule is CN=C(NCc1ccc(S(=O)(=O)N2CCCCC2)s1)NCC(C)c1ccccc1.I. The van der Waals surface area contributed by atoms with Gasteiger partial charge in [0.15, 0.2) is 5.96 Å². The highest BCUT2D eigenvalue weighted by molar-refractivity contribution is 14.0. The van der Waals surface area contributed by atoms with Gasteiger partial charge in [-0.15, -0.1) is 35.3 Å².